The lowest BCUT2D eigenvalue weighted by Gasteiger charge is -2.10. The monoisotopic (exact) mass is 254 g/mol. The fraction of sp³-hybridized carbons (Fsp3) is 0.941. The zero-order valence-electron chi connectivity index (χ0n) is 12.8. The molecule has 1 atom stereocenters. The average molecular weight is 254 g/mol. The van der Waals surface area contributed by atoms with Crippen molar-refractivity contribution in [3.05, 3.63) is 0 Å². The van der Waals surface area contributed by atoms with E-state index >= 15 is 0 Å². The molecule has 1 nitrogen and oxygen atoms in total. The van der Waals surface area contributed by atoms with E-state index in [0.717, 1.165) is 25.0 Å². The second-order valence-electron chi connectivity index (χ2n) is 5.82. The quantitative estimate of drug-likeness (QED) is 0.278. The van der Waals surface area contributed by atoms with E-state index in [1.54, 1.807) is 0 Å². The molecule has 1 heteroatoms. The molecule has 18 heavy (non-hydrogen) atoms. The van der Waals surface area contributed by atoms with Crippen LogP contribution < -0.4 is 0 Å². The molecular formula is C17H34O. The largest absolute Gasteiger partial charge is 0.303 e. The zero-order valence-corrected chi connectivity index (χ0v) is 12.8. The van der Waals surface area contributed by atoms with Gasteiger partial charge in [-0.05, 0) is 12.3 Å². The molecule has 0 radical (unpaired) electrons. The van der Waals surface area contributed by atoms with Crippen LogP contribution in [0.2, 0.25) is 0 Å². The Morgan fingerprint density at radius 1 is 0.778 bits per heavy atom. The fourth-order valence-corrected chi connectivity index (χ4v) is 2.49. The molecule has 1 unspecified atom stereocenters. The highest BCUT2D eigenvalue weighted by molar-refractivity contribution is 5.48. The van der Waals surface area contributed by atoms with Gasteiger partial charge in [-0.3, -0.25) is 0 Å². The lowest BCUT2D eigenvalue weighted by Crippen LogP contribution is -1.95. The van der Waals surface area contributed by atoms with Crippen molar-refractivity contribution < 1.29 is 4.79 Å². The number of carbonyl (C=O) groups is 1. The Bertz CT molecular complexity index is 165. The fourth-order valence-electron chi connectivity index (χ4n) is 2.49. The third-order valence-corrected chi connectivity index (χ3v) is 3.82. The lowest BCUT2D eigenvalue weighted by molar-refractivity contribution is -0.107. The van der Waals surface area contributed by atoms with Crippen LogP contribution in [-0.2, 0) is 4.79 Å². The summed E-state index contributed by atoms with van der Waals surface area (Å²) in [5.74, 6) is 0.905. The van der Waals surface area contributed by atoms with Crippen LogP contribution in [0.15, 0.2) is 0 Å². The summed E-state index contributed by atoms with van der Waals surface area (Å²) < 4.78 is 0. The highest BCUT2D eigenvalue weighted by Crippen LogP contribution is 2.18. The highest BCUT2D eigenvalue weighted by Gasteiger charge is 2.01. The van der Waals surface area contributed by atoms with E-state index in [1.807, 2.05) is 0 Å². The summed E-state index contributed by atoms with van der Waals surface area (Å²) in [6, 6.07) is 0. The first-order valence-corrected chi connectivity index (χ1v) is 8.24. The molecule has 0 saturated carbocycles. The van der Waals surface area contributed by atoms with Crippen molar-refractivity contribution in [2.75, 3.05) is 0 Å². The van der Waals surface area contributed by atoms with Gasteiger partial charge in [-0.15, -0.1) is 0 Å². The van der Waals surface area contributed by atoms with Gasteiger partial charge < -0.3 is 4.79 Å². The molecule has 0 aromatic heterocycles. The molecule has 0 fully saturated rings. The third-order valence-electron chi connectivity index (χ3n) is 3.82. The van der Waals surface area contributed by atoms with Crippen molar-refractivity contribution in [2.24, 2.45) is 5.92 Å². The molecule has 0 saturated heterocycles. The topological polar surface area (TPSA) is 17.1 Å². The smallest absolute Gasteiger partial charge is 0.119 e. The maximum atomic E-state index is 10.2. The van der Waals surface area contributed by atoms with Gasteiger partial charge in [0.25, 0.3) is 0 Å². The molecule has 108 valence electrons. The van der Waals surface area contributed by atoms with Gasteiger partial charge in [0.05, 0.1) is 0 Å². The van der Waals surface area contributed by atoms with Crippen molar-refractivity contribution in [1.82, 2.24) is 0 Å². The van der Waals surface area contributed by atoms with Gasteiger partial charge in [0, 0.05) is 6.42 Å². The minimum absolute atomic E-state index is 0.757. The second-order valence-corrected chi connectivity index (χ2v) is 5.82. The minimum Gasteiger partial charge on any atom is -0.303 e. The number of hydrogen-bond acceptors (Lipinski definition) is 1. The summed E-state index contributed by atoms with van der Waals surface area (Å²) in [4.78, 5) is 10.2. The van der Waals surface area contributed by atoms with Crippen LogP contribution >= 0.6 is 0 Å². The molecule has 0 aliphatic rings. The van der Waals surface area contributed by atoms with E-state index in [9.17, 15) is 4.79 Å². The van der Waals surface area contributed by atoms with E-state index < -0.39 is 0 Å². The lowest BCUT2D eigenvalue weighted by atomic mass is 9.96. The predicted molar refractivity (Wildman–Crippen MR) is 80.9 cm³/mol. The summed E-state index contributed by atoms with van der Waals surface area (Å²) in [7, 11) is 0. The molecule has 0 aromatic carbocycles. The number of unbranched alkanes of at least 4 members (excludes halogenated alkanes) is 9. The van der Waals surface area contributed by atoms with Crippen LogP contribution in [0.5, 0.6) is 0 Å². The highest BCUT2D eigenvalue weighted by atomic mass is 16.1. The van der Waals surface area contributed by atoms with Crippen LogP contribution in [-0.4, -0.2) is 6.29 Å². The predicted octanol–water partition coefficient (Wildman–Crippen LogP) is 5.91. The van der Waals surface area contributed by atoms with Crippen LogP contribution in [0.4, 0.5) is 0 Å². The van der Waals surface area contributed by atoms with Gasteiger partial charge in [0.2, 0.25) is 0 Å². The van der Waals surface area contributed by atoms with Crippen molar-refractivity contribution in [2.45, 2.75) is 97.3 Å². The standard InChI is InChI=1S/C17H34O/c1-3-4-5-6-8-11-14-17(2)15-12-9-7-10-13-16-18/h16-17H,3-15H2,1-2H3. The molecule has 0 N–H and O–H groups in total. The second kappa shape index (κ2) is 14.7. The first-order valence-electron chi connectivity index (χ1n) is 8.24. The Kier molecular flexibility index (Phi) is 14.5. The van der Waals surface area contributed by atoms with Crippen molar-refractivity contribution >= 4 is 6.29 Å². The minimum atomic E-state index is 0.757. The Balaban J connectivity index is 3.12. The van der Waals surface area contributed by atoms with E-state index in [0.29, 0.717) is 0 Å². The third kappa shape index (κ3) is 13.7. The van der Waals surface area contributed by atoms with Crippen molar-refractivity contribution in [1.29, 1.82) is 0 Å². The average Bonchev–Trinajstić information content (AvgIpc) is 2.38. The molecule has 0 rings (SSSR count). The molecule has 0 bridgehead atoms. The molecule has 0 spiro atoms. The Morgan fingerprint density at radius 2 is 1.28 bits per heavy atom. The van der Waals surface area contributed by atoms with Crippen molar-refractivity contribution in [3.63, 3.8) is 0 Å². The van der Waals surface area contributed by atoms with E-state index in [4.69, 9.17) is 0 Å². The summed E-state index contributed by atoms with van der Waals surface area (Å²) in [5.41, 5.74) is 0. The Morgan fingerprint density at radius 3 is 1.83 bits per heavy atom. The zero-order chi connectivity index (χ0) is 13.5. The van der Waals surface area contributed by atoms with E-state index in [-0.39, 0.29) is 0 Å². The van der Waals surface area contributed by atoms with Gasteiger partial charge in [-0.1, -0.05) is 84.5 Å². The molecule has 0 aliphatic carbocycles. The number of carbonyl (C=O) groups excluding carboxylic acids is 1. The number of hydrogen-bond donors (Lipinski definition) is 0. The Hall–Kier alpha value is -0.330. The number of aldehydes is 1. The summed E-state index contributed by atoms with van der Waals surface area (Å²) in [6.45, 7) is 4.68. The molecule has 0 amide bonds. The van der Waals surface area contributed by atoms with Crippen molar-refractivity contribution in [3.8, 4) is 0 Å². The van der Waals surface area contributed by atoms with Gasteiger partial charge in [-0.2, -0.15) is 0 Å². The van der Waals surface area contributed by atoms with Crippen LogP contribution in [0, 0.1) is 5.92 Å². The van der Waals surface area contributed by atoms with Gasteiger partial charge in [-0.25, -0.2) is 0 Å². The van der Waals surface area contributed by atoms with E-state index in [2.05, 4.69) is 13.8 Å². The first kappa shape index (κ1) is 17.7. The summed E-state index contributed by atoms with van der Waals surface area (Å²) in [6.07, 6.45) is 18.1. The molecule has 0 heterocycles. The van der Waals surface area contributed by atoms with Gasteiger partial charge in [0.1, 0.15) is 6.29 Å². The van der Waals surface area contributed by atoms with E-state index in [1.165, 1.54) is 70.6 Å². The molecule has 0 aromatic rings. The summed E-state index contributed by atoms with van der Waals surface area (Å²) >= 11 is 0. The van der Waals surface area contributed by atoms with Crippen LogP contribution in [0.3, 0.4) is 0 Å². The maximum absolute atomic E-state index is 10.2. The van der Waals surface area contributed by atoms with Crippen LogP contribution in [0.25, 0.3) is 0 Å². The van der Waals surface area contributed by atoms with Gasteiger partial charge >= 0.3 is 0 Å². The Labute approximate surface area is 115 Å². The SMILES string of the molecule is CCCCCCCCC(C)CCCCCCC=O. The maximum Gasteiger partial charge on any atom is 0.119 e. The summed E-state index contributed by atoms with van der Waals surface area (Å²) in [5, 5.41) is 0. The first-order chi connectivity index (χ1) is 8.81. The molecule has 0 aliphatic heterocycles. The normalized spacial score (nSPS) is 12.6. The van der Waals surface area contributed by atoms with Gasteiger partial charge in [0.15, 0.2) is 0 Å². The number of rotatable bonds is 14. The van der Waals surface area contributed by atoms with Crippen LogP contribution in [0.1, 0.15) is 97.3 Å². The molecular weight excluding hydrogens is 220 g/mol.